The average Bonchev–Trinajstić information content (AvgIpc) is 2.06. The summed E-state index contributed by atoms with van der Waals surface area (Å²) in [6.07, 6.45) is 6.07. The Morgan fingerprint density at radius 3 is 3.00 bits per heavy atom. The van der Waals surface area contributed by atoms with Gasteiger partial charge in [-0.3, -0.25) is 0 Å². The molecule has 2 nitrogen and oxygen atoms in total. The van der Waals surface area contributed by atoms with Gasteiger partial charge in [0.05, 0.1) is 0 Å². The van der Waals surface area contributed by atoms with Crippen LogP contribution in [-0.4, -0.2) is 19.3 Å². The second kappa shape index (κ2) is 5.55. The van der Waals surface area contributed by atoms with Crippen LogP contribution in [0.4, 0.5) is 0 Å². The third kappa shape index (κ3) is 3.55. The van der Waals surface area contributed by atoms with E-state index in [9.17, 15) is 0 Å². The topological polar surface area (TPSA) is 35.2 Å². The van der Waals surface area contributed by atoms with Crippen molar-refractivity contribution in [3.8, 4) is 0 Å². The van der Waals surface area contributed by atoms with Crippen LogP contribution in [0.2, 0.25) is 0 Å². The maximum Gasteiger partial charge on any atom is 0.0494 e. The third-order valence-electron chi connectivity index (χ3n) is 2.55. The Labute approximate surface area is 75.5 Å². The molecule has 0 radical (unpaired) electrons. The molecule has 2 atom stereocenters. The van der Waals surface area contributed by atoms with Crippen molar-refractivity contribution in [3.05, 3.63) is 0 Å². The Morgan fingerprint density at radius 1 is 1.58 bits per heavy atom. The molecular weight excluding hydrogens is 150 g/mol. The van der Waals surface area contributed by atoms with Crippen molar-refractivity contribution in [3.63, 3.8) is 0 Å². The molecule has 12 heavy (non-hydrogen) atoms. The van der Waals surface area contributed by atoms with E-state index < -0.39 is 0 Å². The molecule has 0 amide bonds. The highest BCUT2D eigenvalue weighted by atomic mass is 16.5. The lowest BCUT2D eigenvalue weighted by Gasteiger charge is -2.24. The number of nitrogens with two attached hydrogens (primary N) is 1. The monoisotopic (exact) mass is 171 g/mol. The molecule has 1 fully saturated rings. The van der Waals surface area contributed by atoms with Gasteiger partial charge < -0.3 is 10.5 Å². The molecule has 0 spiro atoms. The van der Waals surface area contributed by atoms with E-state index in [0.717, 1.165) is 32.0 Å². The lowest BCUT2D eigenvalue weighted by molar-refractivity contribution is 0.0488. The SMILES string of the molecule is CCC[C@@H](N)C[C@H]1CCCOC1. The third-order valence-corrected chi connectivity index (χ3v) is 2.55. The van der Waals surface area contributed by atoms with Crippen molar-refractivity contribution in [1.82, 2.24) is 0 Å². The normalized spacial score (nSPS) is 27.0. The summed E-state index contributed by atoms with van der Waals surface area (Å²) in [5.41, 5.74) is 5.96. The van der Waals surface area contributed by atoms with Crippen molar-refractivity contribution in [2.24, 2.45) is 11.7 Å². The van der Waals surface area contributed by atoms with Crippen molar-refractivity contribution in [2.45, 2.75) is 45.1 Å². The Morgan fingerprint density at radius 2 is 2.42 bits per heavy atom. The zero-order valence-corrected chi connectivity index (χ0v) is 8.09. The quantitative estimate of drug-likeness (QED) is 0.701. The molecule has 1 rings (SSSR count). The number of hydrogen-bond donors (Lipinski definition) is 1. The maximum atomic E-state index is 5.96. The molecule has 1 aliphatic heterocycles. The largest absolute Gasteiger partial charge is 0.381 e. The smallest absolute Gasteiger partial charge is 0.0494 e. The van der Waals surface area contributed by atoms with Crippen molar-refractivity contribution in [1.29, 1.82) is 0 Å². The van der Waals surface area contributed by atoms with Gasteiger partial charge in [0, 0.05) is 19.3 Å². The molecule has 1 saturated heterocycles. The highest BCUT2D eigenvalue weighted by Crippen LogP contribution is 2.19. The van der Waals surface area contributed by atoms with Gasteiger partial charge in [-0.25, -0.2) is 0 Å². The standard InChI is InChI=1S/C10H21NO/c1-2-4-10(11)7-9-5-3-6-12-8-9/h9-10H,2-8,11H2,1H3/t9-,10-/m1/s1. The first-order valence-electron chi connectivity index (χ1n) is 5.16. The first-order valence-corrected chi connectivity index (χ1v) is 5.16. The number of ether oxygens (including phenoxy) is 1. The molecule has 1 heterocycles. The van der Waals surface area contributed by atoms with Crippen molar-refractivity contribution in [2.75, 3.05) is 13.2 Å². The zero-order valence-electron chi connectivity index (χ0n) is 8.09. The van der Waals surface area contributed by atoms with Crippen LogP contribution in [-0.2, 0) is 4.74 Å². The summed E-state index contributed by atoms with van der Waals surface area (Å²) < 4.78 is 5.41. The van der Waals surface area contributed by atoms with Gasteiger partial charge in [0.1, 0.15) is 0 Å². The molecule has 0 aliphatic carbocycles. The molecule has 1 aliphatic rings. The fourth-order valence-electron chi connectivity index (χ4n) is 1.91. The minimum Gasteiger partial charge on any atom is -0.381 e. The Hall–Kier alpha value is -0.0800. The summed E-state index contributed by atoms with van der Waals surface area (Å²) in [6, 6.07) is 0.404. The highest BCUT2D eigenvalue weighted by Gasteiger charge is 2.16. The van der Waals surface area contributed by atoms with Crippen LogP contribution >= 0.6 is 0 Å². The van der Waals surface area contributed by atoms with Crippen LogP contribution in [0.5, 0.6) is 0 Å². The summed E-state index contributed by atoms with van der Waals surface area (Å²) in [5, 5.41) is 0. The molecule has 2 heteroatoms. The first kappa shape index (κ1) is 10.0. The molecule has 0 aromatic rings. The van der Waals surface area contributed by atoms with Crippen LogP contribution < -0.4 is 5.73 Å². The Kier molecular flexibility index (Phi) is 4.62. The second-order valence-electron chi connectivity index (χ2n) is 3.87. The van der Waals surface area contributed by atoms with Gasteiger partial charge in [-0.2, -0.15) is 0 Å². The zero-order chi connectivity index (χ0) is 8.81. The van der Waals surface area contributed by atoms with Gasteiger partial charge in [-0.15, -0.1) is 0 Å². The summed E-state index contributed by atoms with van der Waals surface area (Å²) in [7, 11) is 0. The van der Waals surface area contributed by atoms with E-state index in [-0.39, 0.29) is 0 Å². The van der Waals surface area contributed by atoms with Crippen molar-refractivity contribution >= 4 is 0 Å². The van der Waals surface area contributed by atoms with Crippen LogP contribution in [0.25, 0.3) is 0 Å². The van der Waals surface area contributed by atoms with E-state index in [1.807, 2.05) is 0 Å². The second-order valence-corrected chi connectivity index (χ2v) is 3.87. The number of rotatable bonds is 4. The lowest BCUT2D eigenvalue weighted by atomic mass is 9.93. The average molecular weight is 171 g/mol. The van der Waals surface area contributed by atoms with E-state index in [0.29, 0.717) is 6.04 Å². The summed E-state index contributed by atoms with van der Waals surface area (Å²) in [4.78, 5) is 0. The predicted octanol–water partition coefficient (Wildman–Crippen LogP) is 1.93. The molecular formula is C10H21NO. The Balaban J connectivity index is 2.11. The lowest BCUT2D eigenvalue weighted by Crippen LogP contribution is -2.27. The predicted molar refractivity (Wildman–Crippen MR) is 51.0 cm³/mol. The van der Waals surface area contributed by atoms with Gasteiger partial charge in [-0.1, -0.05) is 13.3 Å². The van der Waals surface area contributed by atoms with E-state index >= 15 is 0 Å². The van der Waals surface area contributed by atoms with Crippen LogP contribution in [0.1, 0.15) is 39.0 Å². The molecule has 0 bridgehead atoms. The van der Waals surface area contributed by atoms with E-state index in [2.05, 4.69) is 6.92 Å². The summed E-state index contributed by atoms with van der Waals surface area (Å²) in [6.45, 7) is 4.09. The Bertz CT molecular complexity index is 110. The minimum atomic E-state index is 0.404. The van der Waals surface area contributed by atoms with Gasteiger partial charge in [-0.05, 0) is 31.6 Å². The van der Waals surface area contributed by atoms with Gasteiger partial charge >= 0.3 is 0 Å². The van der Waals surface area contributed by atoms with Gasteiger partial charge in [0.2, 0.25) is 0 Å². The number of hydrogen-bond acceptors (Lipinski definition) is 2. The fraction of sp³-hybridized carbons (Fsp3) is 1.00. The van der Waals surface area contributed by atoms with Crippen LogP contribution in [0, 0.1) is 5.92 Å². The summed E-state index contributed by atoms with van der Waals surface area (Å²) >= 11 is 0. The molecule has 2 N–H and O–H groups in total. The molecule has 72 valence electrons. The molecule has 0 aromatic heterocycles. The van der Waals surface area contributed by atoms with E-state index in [1.165, 1.54) is 19.3 Å². The summed E-state index contributed by atoms with van der Waals surface area (Å²) in [5.74, 6) is 0.736. The fourth-order valence-corrected chi connectivity index (χ4v) is 1.91. The van der Waals surface area contributed by atoms with E-state index in [4.69, 9.17) is 10.5 Å². The van der Waals surface area contributed by atoms with Crippen molar-refractivity contribution < 1.29 is 4.74 Å². The van der Waals surface area contributed by atoms with Crippen LogP contribution in [0.15, 0.2) is 0 Å². The van der Waals surface area contributed by atoms with E-state index in [1.54, 1.807) is 0 Å². The first-order chi connectivity index (χ1) is 5.83. The maximum absolute atomic E-state index is 5.96. The molecule has 0 unspecified atom stereocenters. The minimum absolute atomic E-state index is 0.404. The van der Waals surface area contributed by atoms with Gasteiger partial charge in [0.25, 0.3) is 0 Å². The highest BCUT2D eigenvalue weighted by molar-refractivity contribution is 4.70. The van der Waals surface area contributed by atoms with Crippen LogP contribution in [0.3, 0.4) is 0 Å². The molecule has 0 aromatic carbocycles. The van der Waals surface area contributed by atoms with Gasteiger partial charge in [0.15, 0.2) is 0 Å². The molecule has 0 saturated carbocycles.